The second-order valence-electron chi connectivity index (χ2n) is 4.55. The lowest BCUT2D eigenvalue weighted by Gasteiger charge is -2.13. The summed E-state index contributed by atoms with van der Waals surface area (Å²) in [5.74, 6) is 0.785. The van der Waals surface area contributed by atoms with Crippen LogP contribution in [-0.2, 0) is 0 Å². The van der Waals surface area contributed by atoms with Gasteiger partial charge in [0.1, 0.15) is 18.5 Å². The molecule has 2 aromatic carbocycles. The molecule has 0 aromatic heterocycles. The summed E-state index contributed by atoms with van der Waals surface area (Å²) in [7, 11) is 0. The highest BCUT2D eigenvalue weighted by molar-refractivity contribution is 5.27. The number of aliphatic hydroxyl groups is 1. The Morgan fingerprint density at radius 3 is 2.39 bits per heavy atom. The first-order valence-electron chi connectivity index (χ1n) is 6.09. The predicted molar refractivity (Wildman–Crippen MR) is 72.8 cm³/mol. The van der Waals surface area contributed by atoms with E-state index in [-0.39, 0.29) is 6.61 Å². The zero-order valence-electron chi connectivity index (χ0n) is 10.8. The van der Waals surface area contributed by atoms with Gasteiger partial charge in [-0.15, -0.1) is 0 Å². The Balaban J connectivity index is 1.96. The predicted octanol–water partition coefficient (Wildman–Crippen LogP) is 3.42. The summed E-state index contributed by atoms with van der Waals surface area (Å²) < 4.78 is 5.57. The molecule has 0 saturated carbocycles. The number of ether oxygens (including phenoxy) is 1. The quantitative estimate of drug-likeness (QED) is 0.890. The molecule has 1 N–H and O–H groups in total. The Hall–Kier alpha value is -1.80. The standard InChI is InChI=1S/C16H18O2/c1-12-6-8-15(9-7-12)18-11-16(17)14-5-3-4-13(2)10-14/h3-10,16-17H,11H2,1-2H3. The van der Waals surface area contributed by atoms with Crippen molar-refractivity contribution in [2.24, 2.45) is 0 Å². The van der Waals surface area contributed by atoms with Crippen LogP contribution in [0.2, 0.25) is 0 Å². The maximum atomic E-state index is 10.0. The third-order valence-corrected chi connectivity index (χ3v) is 2.86. The van der Waals surface area contributed by atoms with Crippen LogP contribution >= 0.6 is 0 Å². The van der Waals surface area contributed by atoms with Crippen LogP contribution in [0.5, 0.6) is 5.75 Å². The molecular formula is C16H18O2. The molecule has 0 bridgehead atoms. The van der Waals surface area contributed by atoms with Crippen molar-refractivity contribution in [2.45, 2.75) is 20.0 Å². The summed E-state index contributed by atoms with van der Waals surface area (Å²) in [6.45, 7) is 4.31. The lowest BCUT2D eigenvalue weighted by Crippen LogP contribution is -2.09. The normalized spacial score (nSPS) is 12.2. The van der Waals surface area contributed by atoms with Crippen LogP contribution in [0.3, 0.4) is 0 Å². The van der Waals surface area contributed by atoms with Gasteiger partial charge in [-0.05, 0) is 31.5 Å². The van der Waals surface area contributed by atoms with E-state index in [0.717, 1.165) is 16.9 Å². The van der Waals surface area contributed by atoms with E-state index in [1.165, 1.54) is 5.56 Å². The molecule has 0 aliphatic heterocycles. The minimum atomic E-state index is -0.591. The van der Waals surface area contributed by atoms with Gasteiger partial charge in [-0.25, -0.2) is 0 Å². The number of hydrogen-bond acceptors (Lipinski definition) is 2. The van der Waals surface area contributed by atoms with E-state index in [2.05, 4.69) is 0 Å². The van der Waals surface area contributed by atoms with Crippen LogP contribution in [0.1, 0.15) is 22.8 Å². The van der Waals surface area contributed by atoms with E-state index < -0.39 is 6.10 Å². The Bertz CT molecular complexity index is 503. The van der Waals surface area contributed by atoms with Gasteiger partial charge in [0, 0.05) is 0 Å². The third-order valence-electron chi connectivity index (χ3n) is 2.86. The van der Waals surface area contributed by atoms with Gasteiger partial charge in [0.25, 0.3) is 0 Å². The number of hydrogen-bond donors (Lipinski definition) is 1. The molecule has 2 heteroatoms. The second kappa shape index (κ2) is 5.69. The molecule has 1 atom stereocenters. The van der Waals surface area contributed by atoms with Crippen molar-refractivity contribution < 1.29 is 9.84 Å². The van der Waals surface area contributed by atoms with Gasteiger partial charge in [-0.2, -0.15) is 0 Å². The van der Waals surface area contributed by atoms with Crippen molar-refractivity contribution in [3.63, 3.8) is 0 Å². The Labute approximate surface area is 108 Å². The van der Waals surface area contributed by atoms with E-state index in [0.29, 0.717) is 0 Å². The fourth-order valence-electron chi connectivity index (χ4n) is 1.78. The molecule has 0 radical (unpaired) electrons. The molecule has 0 aliphatic carbocycles. The van der Waals surface area contributed by atoms with Crippen LogP contribution in [-0.4, -0.2) is 11.7 Å². The highest BCUT2D eigenvalue weighted by Gasteiger charge is 2.08. The van der Waals surface area contributed by atoms with Crippen LogP contribution in [0.15, 0.2) is 48.5 Å². The van der Waals surface area contributed by atoms with Gasteiger partial charge in [0.05, 0.1) is 0 Å². The molecule has 0 spiro atoms. The van der Waals surface area contributed by atoms with E-state index in [9.17, 15) is 5.11 Å². The molecule has 2 rings (SSSR count). The first-order chi connectivity index (χ1) is 8.65. The molecule has 0 saturated heterocycles. The van der Waals surface area contributed by atoms with E-state index in [1.807, 2.05) is 62.4 Å². The number of rotatable bonds is 4. The van der Waals surface area contributed by atoms with Crippen molar-refractivity contribution in [3.05, 3.63) is 65.2 Å². The number of aryl methyl sites for hydroxylation is 2. The summed E-state index contributed by atoms with van der Waals surface area (Å²) in [4.78, 5) is 0. The topological polar surface area (TPSA) is 29.5 Å². The molecule has 94 valence electrons. The maximum absolute atomic E-state index is 10.0. The summed E-state index contributed by atoms with van der Waals surface area (Å²) >= 11 is 0. The van der Waals surface area contributed by atoms with Crippen LogP contribution < -0.4 is 4.74 Å². The first kappa shape index (κ1) is 12.7. The lowest BCUT2D eigenvalue weighted by molar-refractivity contribution is 0.108. The molecule has 0 amide bonds. The largest absolute Gasteiger partial charge is 0.491 e. The third kappa shape index (κ3) is 3.34. The highest BCUT2D eigenvalue weighted by Crippen LogP contribution is 2.17. The van der Waals surface area contributed by atoms with Gasteiger partial charge >= 0.3 is 0 Å². The van der Waals surface area contributed by atoms with Crippen LogP contribution in [0, 0.1) is 13.8 Å². The fourth-order valence-corrected chi connectivity index (χ4v) is 1.78. The molecule has 0 heterocycles. The Morgan fingerprint density at radius 1 is 1.00 bits per heavy atom. The summed E-state index contributed by atoms with van der Waals surface area (Å²) in [6.07, 6.45) is -0.591. The molecule has 1 unspecified atom stereocenters. The Kier molecular flexibility index (Phi) is 4.00. The maximum Gasteiger partial charge on any atom is 0.119 e. The zero-order chi connectivity index (χ0) is 13.0. The van der Waals surface area contributed by atoms with Crippen LogP contribution in [0.25, 0.3) is 0 Å². The lowest BCUT2D eigenvalue weighted by atomic mass is 10.1. The molecule has 2 aromatic rings. The fraction of sp³-hybridized carbons (Fsp3) is 0.250. The monoisotopic (exact) mass is 242 g/mol. The van der Waals surface area contributed by atoms with E-state index in [1.54, 1.807) is 0 Å². The molecule has 0 fully saturated rings. The number of benzene rings is 2. The van der Waals surface area contributed by atoms with E-state index >= 15 is 0 Å². The first-order valence-corrected chi connectivity index (χ1v) is 6.09. The van der Waals surface area contributed by atoms with Gasteiger partial charge in [-0.1, -0.05) is 47.5 Å². The van der Waals surface area contributed by atoms with Gasteiger partial charge in [-0.3, -0.25) is 0 Å². The molecule has 0 aliphatic rings. The minimum Gasteiger partial charge on any atom is -0.491 e. The van der Waals surface area contributed by atoms with Gasteiger partial charge in [0.15, 0.2) is 0 Å². The molecule has 2 nitrogen and oxygen atoms in total. The molecular weight excluding hydrogens is 224 g/mol. The minimum absolute atomic E-state index is 0.270. The van der Waals surface area contributed by atoms with Gasteiger partial charge < -0.3 is 9.84 Å². The molecule has 18 heavy (non-hydrogen) atoms. The van der Waals surface area contributed by atoms with Crippen molar-refractivity contribution in [3.8, 4) is 5.75 Å². The number of aliphatic hydroxyl groups excluding tert-OH is 1. The van der Waals surface area contributed by atoms with Gasteiger partial charge in [0.2, 0.25) is 0 Å². The summed E-state index contributed by atoms with van der Waals surface area (Å²) in [6, 6.07) is 15.7. The SMILES string of the molecule is Cc1ccc(OCC(O)c2cccc(C)c2)cc1. The van der Waals surface area contributed by atoms with Crippen molar-refractivity contribution in [2.75, 3.05) is 6.61 Å². The van der Waals surface area contributed by atoms with E-state index in [4.69, 9.17) is 4.74 Å². The second-order valence-corrected chi connectivity index (χ2v) is 4.55. The Morgan fingerprint density at radius 2 is 1.72 bits per heavy atom. The van der Waals surface area contributed by atoms with Crippen molar-refractivity contribution in [1.82, 2.24) is 0 Å². The van der Waals surface area contributed by atoms with Crippen LogP contribution in [0.4, 0.5) is 0 Å². The zero-order valence-corrected chi connectivity index (χ0v) is 10.8. The average molecular weight is 242 g/mol. The van der Waals surface area contributed by atoms with Crippen molar-refractivity contribution >= 4 is 0 Å². The van der Waals surface area contributed by atoms with Crippen molar-refractivity contribution in [1.29, 1.82) is 0 Å². The average Bonchev–Trinajstić information content (AvgIpc) is 2.38. The highest BCUT2D eigenvalue weighted by atomic mass is 16.5. The smallest absolute Gasteiger partial charge is 0.119 e. The summed E-state index contributed by atoms with van der Waals surface area (Å²) in [5, 5.41) is 10.0. The summed E-state index contributed by atoms with van der Waals surface area (Å²) in [5.41, 5.74) is 3.23.